The zero-order chi connectivity index (χ0) is 20.5. The summed E-state index contributed by atoms with van der Waals surface area (Å²) in [6.45, 7) is 3.68. The van der Waals surface area contributed by atoms with Crippen molar-refractivity contribution in [1.29, 1.82) is 0 Å². The first-order chi connectivity index (χ1) is 13.4. The van der Waals surface area contributed by atoms with E-state index in [1.807, 2.05) is 56.3 Å². The van der Waals surface area contributed by atoms with Gasteiger partial charge in [0.25, 0.3) is 5.91 Å². The Morgan fingerprint density at radius 2 is 1.54 bits per heavy atom. The fourth-order valence-corrected chi connectivity index (χ4v) is 2.78. The minimum absolute atomic E-state index is 0.210. The molecule has 0 aromatic heterocycles. The van der Waals surface area contributed by atoms with Gasteiger partial charge in [-0.3, -0.25) is 9.59 Å². The number of benzene rings is 2. The number of methoxy groups -OCH3 is 1. The minimum Gasteiger partial charge on any atom is -0.467 e. The Hall–Kier alpha value is -3.15. The van der Waals surface area contributed by atoms with Gasteiger partial charge in [0.15, 0.2) is 0 Å². The number of ether oxygens (including phenoxy) is 1. The molecule has 0 radical (unpaired) electrons. The van der Waals surface area contributed by atoms with E-state index in [0.29, 0.717) is 12.0 Å². The second-order valence-electron chi connectivity index (χ2n) is 6.90. The highest BCUT2D eigenvalue weighted by molar-refractivity contribution is 5.97. The quantitative estimate of drug-likeness (QED) is 0.688. The molecule has 1 atom stereocenters. The van der Waals surface area contributed by atoms with Gasteiger partial charge in [0.2, 0.25) is 5.91 Å². The number of rotatable bonds is 8. The molecule has 6 heteroatoms. The van der Waals surface area contributed by atoms with Crippen LogP contribution in [0.15, 0.2) is 54.6 Å². The summed E-state index contributed by atoms with van der Waals surface area (Å²) in [6, 6.07) is 16.3. The van der Waals surface area contributed by atoms with Crippen LogP contribution in [0.3, 0.4) is 0 Å². The molecule has 0 spiro atoms. The molecule has 1 unspecified atom stereocenters. The van der Waals surface area contributed by atoms with Crippen molar-refractivity contribution in [3.8, 4) is 11.1 Å². The van der Waals surface area contributed by atoms with Gasteiger partial charge < -0.3 is 15.4 Å². The van der Waals surface area contributed by atoms with Gasteiger partial charge >= 0.3 is 5.97 Å². The molecule has 6 nitrogen and oxygen atoms in total. The van der Waals surface area contributed by atoms with Crippen LogP contribution in [0.25, 0.3) is 11.1 Å². The predicted octanol–water partition coefficient (Wildman–Crippen LogP) is 2.79. The van der Waals surface area contributed by atoms with Crippen LogP contribution >= 0.6 is 0 Å². The van der Waals surface area contributed by atoms with E-state index in [0.717, 1.165) is 11.1 Å². The maximum atomic E-state index is 12.3. The normalized spacial score (nSPS) is 11.6. The van der Waals surface area contributed by atoms with E-state index < -0.39 is 17.9 Å². The average Bonchev–Trinajstić information content (AvgIpc) is 2.71. The van der Waals surface area contributed by atoms with Crippen molar-refractivity contribution in [2.45, 2.75) is 26.3 Å². The smallest absolute Gasteiger partial charge is 0.328 e. The molecule has 0 heterocycles. The summed E-state index contributed by atoms with van der Waals surface area (Å²) < 4.78 is 4.72. The fraction of sp³-hybridized carbons (Fsp3) is 0.318. The Labute approximate surface area is 165 Å². The van der Waals surface area contributed by atoms with Crippen molar-refractivity contribution in [2.24, 2.45) is 5.92 Å². The van der Waals surface area contributed by atoms with Crippen molar-refractivity contribution in [3.05, 3.63) is 60.2 Å². The van der Waals surface area contributed by atoms with E-state index in [9.17, 15) is 14.4 Å². The Bertz CT molecular complexity index is 801. The van der Waals surface area contributed by atoms with Crippen molar-refractivity contribution in [3.63, 3.8) is 0 Å². The first-order valence-electron chi connectivity index (χ1n) is 9.21. The molecule has 0 saturated carbocycles. The van der Waals surface area contributed by atoms with Crippen LogP contribution in [0, 0.1) is 5.92 Å². The molecule has 2 N–H and O–H groups in total. The minimum atomic E-state index is -0.723. The van der Waals surface area contributed by atoms with E-state index in [1.54, 1.807) is 12.1 Å². The Balaban J connectivity index is 1.90. The fourth-order valence-electron chi connectivity index (χ4n) is 2.78. The van der Waals surface area contributed by atoms with E-state index in [2.05, 4.69) is 10.6 Å². The van der Waals surface area contributed by atoms with Gasteiger partial charge in [0.1, 0.15) is 6.04 Å². The summed E-state index contributed by atoms with van der Waals surface area (Å²) in [5.41, 5.74) is 2.52. The Kier molecular flexibility index (Phi) is 7.75. The van der Waals surface area contributed by atoms with Gasteiger partial charge in [-0.25, -0.2) is 4.79 Å². The second-order valence-corrected chi connectivity index (χ2v) is 6.90. The van der Waals surface area contributed by atoms with Gasteiger partial charge in [0.05, 0.1) is 13.7 Å². The van der Waals surface area contributed by atoms with Crippen LogP contribution in [-0.2, 0) is 14.3 Å². The van der Waals surface area contributed by atoms with Crippen LogP contribution in [0.2, 0.25) is 0 Å². The third-order valence-electron chi connectivity index (χ3n) is 4.19. The lowest BCUT2D eigenvalue weighted by Crippen LogP contribution is -2.46. The SMILES string of the molecule is COC(=O)C(CC(C)C)NC(=O)CNC(=O)c1ccc(-c2ccccc2)cc1. The van der Waals surface area contributed by atoms with Crippen LogP contribution in [0.4, 0.5) is 0 Å². The number of carbonyl (C=O) groups is 3. The van der Waals surface area contributed by atoms with Gasteiger partial charge in [-0.05, 0) is 35.6 Å². The molecule has 2 rings (SSSR count). The highest BCUT2D eigenvalue weighted by Gasteiger charge is 2.22. The van der Waals surface area contributed by atoms with Crippen molar-refractivity contribution >= 4 is 17.8 Å². The standard InChI is InChI=1S/C22H26N2O4/c1-15(2)13-19(22(27)28-3)24-20(25)14-23-21(26)18-11-9-17(10-12-18)16-7-5-4-6-8-16/h4-12,15,19H,13-14H2,1-3H3,(H,23,26)(H,24,25). The van der Waals surface area contributed by atoms with E-state index in [4.69, 9.17) is 4.74 Å². The van der Waals surface area contributed by atoms with Gasteiger partial charge in [-0.2, -0.15) is 0 Å². The second kappa shape index (κ2) is 10.3. The number of hydrogen-bond donors (Lipinski definition) is 2. The first-order valence-corrected chi connectivity index (χ1v) is 9.21. The molecule has 0 aliphatic rings. The van der Waals surface area contributed by atoms with Crippen molar-refractivity contribution in [2.75, 3.05) is 13.7 Å². The van der Waals surface area contributed by atoms with Crippen LogP contribution < -0.4 is 10.6 Å². The molecule has 0 fully saturated rings. The lowest BCUT2D eigenvalue weighted by Gasteiger charge is -2.18. The molecule has 0 aliphatic carbocycles. The summed E-state index contributed by atoms with van der Waals surface area (Å²) in [6.07, 6.45) is 0.466. The number of carbonyl (C=O) groups excluding carboxylic acids is 3. The van der Waals surface area contributed by atoms with Crippen LogP contribution in [0.5, 0.6) is 0 Å². The summed E-state index contributed by atoms with van der Waals surface area (Å²) in [7, 11) is 1.28. The third-order valence-corrected chi connectivity index (χ3v) is 4.19. The topological polar surface area (TPSA) is 84.5 Å². The van der Waals surface area contributed by atoms with Gasteiger partial charge in [-0.15, -0.1) is 0 Å². The van der Waals surface area contributed by atoms with Crippen molar-refractivity contribution < 1.29 is 19.1 Å². The summed E-state index contributed by atoms with van der Waals surface area (Å²) >= 11 is 0. The Morgan fingerprint density at radius 1 is 0.929 bits per heavy atom. The number of nitrogens with one attached hydrogen (secondary N) is 2. The molecule has 2 aromatic carbocycles. The highest BCUT2D eigenvalue weighted by atomic mass is 16.5. The zero-order valence-electron chi connectivity index (χ0n) is 16.4. The summed E-state index contributed by atoms with van der Waals surface area (Å²) in [4.78, 5) is 36.1. The largest absolute Gasteiger partial charge is 0.467 e. The predicted molar refractivity (Wildman–Crippen MR) is 108 cm³/mol. The van der Waals surface area contributed by atoms with Gasteiger partial charge in [0, 0.05) is 5.56 Å². The molecule has 2 aromatic rings. The highest BCUT2D eigenvalue weighted by Crippen LogP contribution is 2.19. The number of hydrogen-bond acceptors (Lipinski definition) is 4. The molecule has 2 amide bonds. The van der Waals surface area contributed by atoms with Crippen molar-refractivity contribution in [1.82, 2.24) is 10.6 Å². The molecule has 0 bridgehead atoms. The van der Waals surface area contributed by atoms with Crippen LogP contribution in [-0.4, -0.2) is 37.5 Å². The first kappa shape index (κ1) is 21.2. The lowest BCUT2D eigenvalue weighted by atomic mass is 10.0. The maximum absolute atomic E-state index is 12.3. The molecule has 148 valence electrons. The monoisotopic (exact) mass is 382 g/mol. The van der Waals surface area contributed by atoms with E-state index in [1.165, 1.54) is 7.11 Å². The lowest BCUT2D eigenvalue weighted by molar-refractivity contribution is -0.145. The Morgan fingerprint density at radius 3 is 2.11 bits per heavy atom. The molecule has 0 aliphatic heterocycles. The van der Waals surface area contributed by atoms with Gasteiger partial charge in [-0.1, -0.05) is 56.3 Å². The third kappa shape index (κ3) is 6.23. The van der Waals surface area contributed by atoms with E-state index in [-0.39, 0.29) is 18.4 Å². The maximum Gasteiger partial charge on any atom is 0.328 e. The summed E-state index contributed by atoms with van der Waals surface area (Å²) in [5.74, 6) is -1.08. The molecular formula is C22H26N2O4. The molecule has 0 saturated heterocycles. The number of esters is 1. The average molecular weight is 382 g/mol. The zero-order valence-corrected chi connectivity index (χ0v) is 16.4. The number of amides is 2. The molecular weight excluding hydrogens is 356 g/mol. The summed E-state index contributed by atoms with van der Waals surface area (Å²) in [5, 5.41) is 5.18. The van der Waals surface area contributed by atoms with Crippen LogP contribution in [0.1, 0.15) is 30.6 Å². The van der Waals surface area contributed by atoms with E-state index >= 15 is 0 Å². The molecule has 28 heavy (non-hydrogen) atoms.